The molecule has 100 valence electrons. The van der Waals surface area contributed by atoms with Gasteiger partial charge in [0.25, 0.3) is 0 Å². The molecule has 0 aliphatic carbocycles. The molecule has 0 fully saturated rings. The number of hydrazine groups is 1. The number of carbonyl (C=O) groups excluding carboxylic acids is 1. The van der Waals surface area contributed by atoms with Gasteiger partial charge < -0.3 is 0 Å². The van der Waals surface area contributed by atoms with E-state index in [-0.39, 0.29) is 5.60 Å². The number of nitrogens with zero attached hydrogens (tertiary/aromatic N) is 1. The summed E-state index contributed by atoms with van der Waals surface area (Å²) in [6, 6.07) is 10.2. The second-order valence-corrected chi connectivity index (χ2v) is 5.19. The first-order chi connectivity index (χ1) is 8.51. The highest BCUT2D eigenvalue weighted by Gasteiger charge is 2.12. The van der Waals surface area contributed by atoms with E-state index in [0.29, 0.717) is 6.54 Å². The number of carbonyl (C=O) groups is 1. The van der Waals surface area contributed by atoms with Crippen LogP contribution in [-0.4, -0.2) is 23.6 Å². The second kappa shape index (κ2) is 7.13. The molecule has 1 aromatic carbocycles. The van der Waals surface area contributed by atoms with E-state index in [4.69, 9.17) is 4.84 Å². The molecule has 1 amide bonds. The maximum Gasteiger partial charge on any atom is 0.225 e. The maximum absolute atomic E-state index is 10.8. The fourth-order valence-corrected chi connectivity index (χ4v) is 1.41. The van der Waals surface area contributed by atoms with Crippen LogP contribution in [-0.2, 0) is 16.1 Å². The van der Waals surface area contributed by atoms with Crippen LogP contribution in [0.15, 0.2) is 30.3 Å². The molecule has 0 radical (unpaired) electrons. The lowest BCUT2D eigenvalue weighted by molar-refractivity contribution is -0.164. The van der Waals surface area contributed by atoms with Crippen LogP contribution in [0, 0.1) is 0 Å². The molecule has 0 aliphatic heterocycles. The van der Waals surface area contributed by atoms with E-state index >= 15 is 0 Å². The van der Waals surface area contributed by atoms with Crippen molar-refractivity contribution in [1.82, 2.24) is 10.6 Å². The van der Waals surface area contributed by atoms with Crippen molar-refractivity contribution >= 4 is 6.41 Å². The normalized spacial score (nSPS) is 11.3. The zero-order valence-corrected chi connectivity index (χ0v) is 11.3. The Hall–Kier alpha value is -1.39. The first-order valence-electron chi connectivity index (χ1n) is 6.21. The fraction of sp³-hybridized carbons (Fsp3) is 0.500. The topological polar surface area (TPSA) is 41.6 Å². The zero-order chi connectivity index (χ0) is 13.4. The molecule has 0 aliphatic rings. The van der Waals surface area contributed by atoms with Gasteiger partial charge in [0.15, 0.2) is 0 Å². The predicted octanol–water partition coefficient (Wildman–Crippen LogP) is 2.31. The smallest absolute Gasteiger partial charge is 0.225 e. The van der Waals surface area contributed by atoms with E-state index in [2.05, 4.69) is 17.7 Å². The molecule has 18 heavy (non-hydrogen) atoms. The van der Waals surface area contributed by atoms with Crippen molar-refractivity contribution < 1.29 is 9.63 Å². The maximum atomic E-state index is 10.8. The summed E-state index contributed by atoms with van der Waals surface area (Å²) in [6.07, 6.45) is 2.59. The molecule has 1 N–H and O–H groups in total. The molecule has 0 atom stereocenters. The number of amides is 1. The van der Waals surface area contributed by atoms with Crippen molar-refractivity contribution in [3.05, 3.63) is 35.9 Å². The van der Waals surface area contributed by atoms with Crippen molar-refractivity contribution in [2.24, 2.45) is 0 Å². The molecule has 4 heteroatoms. The summed E-state index contributed by atoms with van der Waals surface area (Å²) in [6.45, 7) is 6.39. The Morgan fingerprint density at radius 1 is 1.28 bits per heavy atom. The number of rotatable bonds is 7. The van der Waals surface area contributed by atoms with Gasteiger partial charge in [-0.05, 0) is 39.2 Å². The molecule has 0 unspecified atom stereocenters. The summed E-state index contributed by atoms with van der Waals surface area (Å²) in [4.78, 5) is 16.2. The fourth-order valence-electron chi connectivity index (χ4n) is 1.41. The number of nitrogens with one attached hydrogen (secondary N) is 1. The van der Waals surface area contributed by atoms with E-state index in [1.807, 2.05) is 39.0 Å². The van der Waals surface area contributed by atoms with Crippen LogP contribution in [0.5, 0.6) is 0 Å². The lowest BCUT2D eigenvalue weighted by Crippen LogP contribution is -2.42. The Bertz CT molecular complexity index is 347. The van der Waals surface area contributed by atoms with Crippen LogP contribution >= 0.6 is 0 Å². The van der Waals surface area contributed by atoms with Gasteiger partial charge >= 0.3 is 0 Å². The number of benzene rings is 1. The van der Waals surface area contributed by atoms with Gasteiger partial charge in [0.2, 0.25) is 6.41 Å². The Morgan fingerprint density at radius 2 is 1.94 bits per heavy atom. The molecular formula is C14H22N2O2. The molecule has 0 bridgehead atoms. The minimum atomic E-state index is -0.319. The van der Waals surface area contributed by atoms with Crippen LogP contribution in [0.1, 0.15) is 32.8 Å². The minimum Gasteiger partial charge on any atom is -0.277 e. The van der Waals surface area contributed by atoms with Crippen LogP contribution in [0.4, 0.5) is 0 Å². The van der Waals surface area contributed by atoms with Crippen molar-refractivity contribution in [1.29, 1.82) is 0 Å². The van der Waals surface area contributed by atoms with Crippen molar-refractivity contribution in [2.45, 2.75) is 39.2 Å². The van der Waals surface area contributed by atoms with Gasteiger partial charge in [-0.3, -0.25) is 14.6 Å². The summed E-state index contributed by atoms with van der Waals surface area (Å²) >= 11 is 0. The van der Waals surface area contributed by atoms with Gasteiger partial charge in [-0.1, -0.05) is 30.3 Å². The molecule has 4 nitrogen and oxygen atoms in total. The molecule has 1 rings (SSSR count). The average Bonchev–Trinajstić information content (AvgIpc) is 2.33. The molecule has 1 aromatic rings. The van der Waals surface area contributed by atoms with Gasteiger partial charge in [0.1, 0.15) is 0 Å². The van der Waals surface area contributed by atoms with E-state index in [9.17, 15) is 4.79 Å². The molecule has 0 saturated carbocycles. The van der Waals surface area contributed by atoms with Crippen molar-refractivity contribution in [2.75, 3.05) is 6.54 Å². The first-order valence-corrected chi connectivity index (χ1v) is 6.21. The Kier molecular flexibility index (Phi) is 5.82. The summed E-state index contributed by atoms with van der Waals surface area (Å²) in [5.74, 6) is 0. The van der Waals surface area contributed by atoms with Crippen LogP contribution in [0.25, 0.3) is 0 Å². The highest BCUT2D eigenvalue weighted by atomic mass is 16.7. The third-order valence-corrected chi connectivity index (χ3v) is 2.30. The van der Waals surface area contributed by atoms with E-state index in [0.717, 1.165) is 19.3 Å². The third-order valence-electron chi connectivity index (χ3n) is 2.30. The monoisotopic (exact) mass is 250 g/mol. The number of hydrogen-bond acceptors (Lipinski definition) is 3. The third kappa shape index (κ3) is 6.37. The zero-order valence-electron chi connectivity index (χ0n) is 11.3. The molecule has 0 aromatic heterocycles. The van der Waals surface area contributed by atoms with Gasteiger partial charge in [-0.2, -0.15) is 0 Å². The summed E-state index contributed by atoms with van der Waals surface area (Å²) in [5, 5.41) is 1.42. The van der Waals surface area contributed by atoms with Gasteiger partial charge in [-0.15, -0.1) is 5.59 Å². The molecule has 0 spiro atoms. The second-order valence-electron chi connectivity index (χ2n) is 5.19. The van der Waals surface area contributed by atoms with Crippen molar-refractivity contribution in [3.8, 4) is 0 Å². The van der Waals surface area contributed by atoms with Crippen LogP contribution in [0.2, 0.25) is 0 Å². The summed E-state index contributed by atoms with van der Waals surface area (Å²) in [7, 11) is 0. The lowest BCUT2D eigenvalue weighted by atomic mass is 10.1. The highest BCUT2D eigenvalue weighted by molar-refractivity contribution is 5.45. The van der Waals surface area contributed by atoms with Crippen LogP contribution < -0.4 is 5.59 Å². The quantitative estimate of drug-likeness (QED) is 0.596. The Balaban J connectivity index is 2.25. The van der Waals surface area contributed by atoms with Gasteiger partial charge in [0, 0.05) is 6.54 Å². The largest absolute Gasteiger partial charge is 0.277 e. The van der Waals surface area contributed by atoms with Crippen LogP contribution in [0.3, 0.4) is 0 Å². The first kappa shape index (κ1) is 14.7. The van der Waals surface area contributed by atoms with E-state index in [1.165, 1.54) is 10.6 Å². The van der Waals surface area contributed by atoms with E-state index < -0.39 is 0 Å². The summed E-state index contributed by atoms with van der Waals surface area (Å²) < 4.78 is 0. The molecule has 0 saturated heterocycles. The van der Waals surface area contributed by atoms with E-state index in [1.54, 1.807) is 0 Å². The Morgan fingerprint density at radius 3 is 2.50 bits per heavy atom. The lowest BCUT2D eigenvalue weighted by Gasteiger charge is -2.24. The van der Waals surface area contributed by atoms with Crippen molar-refractivity contribution in [3.63, 3.8) is 0 Å². The highest BCUT2D eigenvalue weighted by Crippen LogP contribution is 2.05. The minimum absolute atomic E-state index is 0.319. The molecular weight excluding hydrogens is 228 g/mol. The standard InChI is InChI=1S/C14H22N2O2/c1-14(2,3)18-15-16(12-17)11-7-10-13-8-5-4-6-9-13/h4-6,8-9,12,15H,7,10-11H2,1-3H3. The number of aryl methyl sites for hydroxylation is 1. The number of hydrogen-bond donors (Lipinski definition) is 1. The predicted molar refractivity (Wildman–Crippen MR) is 71.5 cm³/mol. The SMILES string of the molecule is CC(C)(C)ONN(C=O)CCCc1ccccc1. The summed E-state index contributed by atoms with van der Waals surface area (Å²) in [5.41, 5.74) is 3.62. The Labute approximate surface area is 109 Å². The molecule has 0 heterocycles. The average molecular weight is 250 g/mol. The van der Waals surface area contributed by atoms with Gasteiger partial charge in [0.05, 0.1) is 5.60 Å². The van der Waals surface area contributed by atoms with Gasteiger partial charge in [-0.25, -0.2) is 0 Å².